The molecule has 2 aliphatic rings. The first-order chi connectivity index (χ1) is 10.2. The van der Waals surface area contributed by atoms with Gasteiger partial charge in [-0.3, -0.25) is 5.41 Å². The molecule has 1 unspecified atom stereocenters. The maximum Gasteiger partial charge on any atom is 0.188 e. The zero-order valence-electron chi connectivity index (χ0n) is 11.7. The molecular formula is C17H17N3O. The van der Waals surface area contributed by atoms with Crippen molar-refractivity contribution in [2.45, 2.75) is 18.6 Å². The topological polar surface area (TPSA) is 62.3 Å². The van der Waals surface area contributed by atoms with E-state index in [-0.39, 0.29) is 5.96 Å². The van der Waals surface area contributed by atoms with Gasteiger partial charge in [0.05, 0.1) is 6.54 Å². The van der Waals surface area contributed by atoms with Gasteiger partial charge >= 0.3 is 0 Å². The Hall–Kier alpha value is -2.49. The summed E-state index contributed by atoms with van der Waals surface area (Å²) in [5.41, 5.74) is 8.94. The molecule has 2 heterocycles. The van der Waals surface area contributed by atoms with E-state index in [9.17, 15) is 0 Å². The van der Waals surface area contributed by atoms with Gasteiger partial charge in [-0.25, -0.2) is 0 Å². The molecule has 4 nitrogen and oxygen atoms in total. The Bertz CT molecular complexity index is 700. The summed E-state index contributed by atoms with van der Waals surface area (Å²) < 4.78 is 6.35. The van der Waals surface area contributed by atoms with E-state index >= 15 is 0 Å². The molecule has 2 aromatic rings. The largest absolute Gasteiger partial charge is 0.480 e. The van der Waals surface area contributed by atoms with Crippen LogP contribution >= 0.6 is 0 Å². The molecule has 0 saturated heterocycles. The first kappa shape index (κ1) is 12.3. The Morgan fingerprint density at radius 2 is 1.81 bits per heavy atom. The van der Waals surface area contributed by atoms with Gasteiger partial charge in [-0.05, 0) is 17.2 Å². The molecule has 21 heavy (non-hydrogen) atoms. The number of nitrogens with two attached hydrogens (primary N) is 1. The third kappa shape index (κ3) is 1.79. The average molecular weight is 279 g/mol. The highest BCUT2D eigenvalue weighted by Crippen LogP contribution is 2.45. The molecule has 0 radical (unpaired) electrons. The molecule has 4 rings (SSSR count). The lowest BCUT2D eigenvalue weighted by atomic mass is 9.82. The molecule has 4 heteroatoms. The van der Waals surface area contributed by atoms with Crippen LogP contribution in [0.15, 0.2) is 48.5 Å². The van der Waals surface area contributed by atoms with Gasteiger partial charge < -0.3 is 15.4 Å². The summed E-state index contributed by atoms with van der Waals surface area (Å²) in [4.78, 5) is 1.88. The molecule has 2 aromatic carbocycles. The second kappa shape index (κ2) is 4.25. The summed E-state index contributed by atoms with van der Waals surface area (Å²) in [6.07, 6.45) is 0.823. The minimum Gasteiger partial charge on any atom is -0.480 e. The molecule has 0 aromatic heterocycles. The lowest BCUT2D eigenvalue weighted by Crippen LogP contribution is -2.52. The normalized spacial score (nSPS) is 22.6. The molecule has 0 aliphatic carbocycles. The number of benzene rings is 2. The van der Waals surface area contributed by atoms with Crippen LogP contribution in [-0.2, 0) is 18.6 Å². The van der Waals surface area contributed by atoms with E-state index in [1.54, 1.807) is 0 Å². The van der Waals surface area contributed by atoms with Crippen LogP contribution in [-0.4, -0.2) is 17.4 Å². The van der Waals surface area contributed by atoms with Crippen LogP contribution in [0.5, 0.6) is 5.75 Å². The Morgan fingerprint density at radius 3 is 2.57 bits per heavy atom. The summed E-state index contributed by atoms with van der Waals surface area (Å²) in [6, 6.07) is 16.5. The lowest BCUT2D eigenvalue weighted by Gasteiger charge is -2.41. The van der Waals surface area contributed by atoms with Crippen molar-refractivity contribution in [1.82, 2.24) is 4.90 Å². The number of fused-ring (bicyclic) bond motifs is 3. The van der Waals surface area contributed by atoms with Gasteiger partial charge in [-0.2, -0.15) is 0 Å². The van der Waals surface area contributed by atoms with E-state index in [0.29, 0.717) is 13.1 Å². The first-order valence-electron chi connectivity index (χ1n) is 7.12. The maximum absolute atomic E-state index is 7.79. The third-order valence-corrected chi connectivity index (χ3v) is 4.41. The van der Waals surface area contributed by atoms with E-state index in [1.807, 2.05) is 29.2 Å². The van der Waals surface area contributed by atoms with E-state index in [0.717, 1.165) is 12.2 Å². The first-order valence-corrected chi connectivity index (χ1v) is 7.12. The number of rotatable bonds is 0. The highest BCUT2D eigenvalue weighted by molar-refractivity contribution is 5.75. The fourth-order valence-electron chi connectivity index (χ4n) is 3.47. The van der Waals surface area contributed by atoms with Crippen LogP contribution in [0.4, 0.5) is 0 Å². The number of nitrogens with zero attached hydrogens (tertiary/aromatic N) is 1. The molecule has 0 fully saturated rings. The SMILES string of the molecule is N=C(N)N1Cc2ccccc2C2(Cc3ccccc3O2)C1. The Kier molecular flexibility index (Phi) is 2.48. The predicted molar refractivity (Wildman–Crippen MR) is 81.2 cm³/mol. The minimum absolute atomic E-state index is 0.100. The molecule has 1 atom stereocenters. The molecule has 0 saturated carbocycles. The van der Waals surface area contributed by atoms with Crippen LogP contribution in [0, 0.1) is 5.41 Å². The number of hydrogen-bond donors (Lipinski definition) is 2. The van der Waals surface area contributed by atoms with Crippen molar-refractivity contribution in [1.29, 1.82) is 5.41 Å². The number of ether oxygens (including phenoxy) is 1. The third-order valence-electron chi connectivity index (χ3n) is 4.41. The zero-order valence-corrected chi connectivity index (χ0v) is 11.7. The van der Waals surface area contributed by atoms with Crippen molar-refractivity contribution in [3.8, 4) is 5.75 Å². The highest BCUT2D eigenvalue weighted by atomic mass is 16.5. The summed E-state index contributed by atoms with van der Waals surface area (Å²) in [7, 11) is 0. The smallest absolute Gasteiger partial charge is 0.188 e. The van der Waals surface area contributed by atoms with Crippen molar-refractivity contribution >= 4 is 5.96 Å². The molecule has 3 N–H and O–H groups in total. The Morgan fingerprint density at radius 1 is 1.10 bits per heavy atom. The second-order valence-corrected chi connectivity index (χ2v) is 5.78. The number of nitrogens with one attached hydrogen (secondary N) is 1. The van der Waals surface area contributed by atoms with Gasteiger partial charge in [0.1, 0.15) is 5.75 Å². The van der Waals surface area contributed by atoms with Crippen LogP contribution in [0.3, 0.4) is 0 Å². The lowest BCUT2D eigenvalue weighted by molar-refractivity contribution is 0.0502. The van der Waals surface area contributed by atoms with Gasteiger partial charge in [0.2, 0.25) is 0 Å². The fourth-order valence-corrected chi connectivity index (χ4v) is 3.47. The highest BCUT2D eigenvalue weighted by Gasteiger charge is 2.46. The summed E-state index contributed by atoms with van der Waals surface area (Å²) >= 11 is 0. The van der Waals surface area contributed by atoms with Crippen molar-refractivity contribution in [3.05, 3.63) is 65.2 Å². The van der Waals surface area contributed by atoms with Crippen molar-refractivity contribution < 1.29 is 4.74 Å². The van der Waals surface area contributed by atoms with E-state index < -0.39 is 5.60 Å². The van der Waals surface area contributed by atoms with Gasteiger partial charge in [0, 0.05) is 18.5 Å². The molecule has 0 amide bonds. The maximum atomic E-state index is 7.79. The molecule has 1 spiro atoms. The van der Waals surface area contributed by atoms with Gasteiger partial charge in [-0.15, -0.1) is 0 Å². The van der Waals surface area contributed by atoms with Crippen molar-refractivity contribution in [3.63, 3.8) is 0 Å². The van der Waals surface area contributed by atoms with Crippen LogP contribution in [0.1, 0.15) is 16.7 Å². The van der Waals surface area contributed by atoms with E-state index in [2.05, 4.69) is 24.3 Å². The van der Waals surface area contributed by atoms with E-state index in [4.69, 9.17) is 15.9 Å². The van der Waals surface area contributed by atoms with Crippen molar-refractivity contribution in [2.75, 3.05) is 6.54 Å². The van der Waals surface area contributed by atoms with Gasteiger partial charge in [0.25, 0.3) is 0 Å². The second-order valence-electron chi connectivity index (χ2n) is 5.78. The summed E-state index contributed by atoms with van der Waals surface area (Å²) in [6.45, 7) is 1.29. The van der Waals surface area contributed by atoms with Crippen LogP contribution in [0.25, 0.3) is 0 Å². The van der Waals surface area contributed by atoms with Gasteiger partial charge in [0.15, 0.2) is 11.6 Å². The predicted octanol–water partition coefficient (Wildman–Crippen LogP) is 2.23. The van der Waals surface area contributed by atoms with Gasteiger partial charge in [-0.1, -0.05) is 42.5 Å². The number of para-hydroxylation sites is 1. The number of guanidine groups is 1. The average Bonchev–Trinajstić information content (AvgIpc) is 2.85. The zero-order chi connectivity index (χ0) is 14.4. The van der Waals surface area contributed by atoms with Crippen LogP contribution in [0.2, 0.25) is 0 Å². The quantitative estimate of drug-likeness (QED) is 0.574. The minimum atomic E-state index is -0.426. The van der Waals surface area contributed by atoms with Crippen LogP contribution < -0.4 is 10.5 Å². The fraction of sp³-hybridized carbons (Fsp3) is 0.235. The Balaban J connectivity index is 1.83. The van der Waals surface area contributed by atoms with E-state index in [1.165, 1.54) is 16.7 Å². The van der Waals surface area contributed by atoms with Crippen molar-refractivity contribution in [2.24, 2.45) is 5.73 Å². The summed E-state index contributed by atoms with van der Waals surface area (Å²) in [5, 5.41) is 7.79. The number of hydrogen-bond acceptors (Lipinski definition) is 2. The summed E-state index contributed by atoms with van der Waals surface area (Å²) in [5.74, 6) is 1.04. The monoisotopic (exact) mass is 279 g/mol. The molecular weight excluding hydrogens is 262 g/mol. The molecule has 2 aliphatic heterocycles. The molecule has 106 valence electrons. The molecule has 0 bridgehead atoms. The standard InChI is InChI=1S/C17H17N3O/c18-16(19)20-10-13-6-1-3-7-14(13)17(11-20)9-12-5-2-4-8-15(12)21-17/h1-8H,9-11H2,(H3,18,19). The Labute approximate surface area is 123 Å².